The highest BCUT2D eigenvalue weighted by Crippen LogP contribution is 2.24. The smallest absolute Gasteiger partial charge is 0.326 e. The first kappa shape index (κ1) is 19.0. The number of benzene rings is 1. The van der Waals surface area contributed by atoms with Crippen molar-refractivity contribution in [3.8, 4) is 16.9 Å². The van der Waals surface area contributed by atoms with Crippen molar-refractivity contribution in [3.63, 3.8) is 0 Å². The lowest BCUT2D eigenvalue weighted by Gasteiger charge is -2.18. The van der Waals surface area contributed by atoms with Gasteiger partial charge in [-0.3, -0.25) is 10.00 Å². The Morgan fingerprint density at radius 2 is 2.03 bits per heavy atom. The normalized spacial score (nSPS) is 14.1. The quantitative estimate of drug-likeness (QED) is 0.662. The number of aromatic nitrogens is 3. The predicted molar refractivity (Wildman–Crippen MR) is 112 cm³/mol. The fourth-order valence-corrected chi connectivity index (χ4v) is 3.28. The number of carbonyl (C=O) groups is 1. The Morgan fingerprint density at radius 1 is 1.14 bits per heavy atom. The number of nitrogens with zero attached hydrogens (tertiary/aromatic N) is 4. The minimum Gasteiger partial charge on any atom is -0.493 e. The maximum Gasteiger partial charge on any atom is 0.326 e. The number of pyridine rings is 1. The summed E-state index contributed by atoms with van der Waals surface area (Å²) in [6, 6.07) is 11.8. The molecule has 0 unspecified atom stereocenters. The Labute approximate surface area is 170 Å². The molecule has 1 fully saturated rings. The van der Waals surface area contributed by atoms with E-state index in [2.05, 4.69) is 29.0 Å². The van der Waals surface area contributed by atoms with Gasteiger partial charge in [-0.15, -0.1) is 0 Å². The zero-order valence-electron chi connectivity index (χ0n) is 16.7. The van der Waals surface area contributed by atoms with Crippen molar-refractivity contribution in [1.29, 1.82) is 0 Å². The molecule has 1 aliphatic rings. The lowest BCUT2D eigenvalue weighted by atomic mass is 10.2. The van der Waals surface area contributed by atoms with Gasteiger partial charge in [0.05, 0.1) is 12.8 Å². The van der Waals surface area contributed by atoms with E-state index >= 15 is 0 Å². The molecule has 1 aromatic carbocycles. The summed E-state index contributed by atoms with van der Waals surface area (Å²) in [5.74, 6) is 1.98. The van der Waals surface area contributed by atoms with Gasteiger partial charge in [-0.1, -0.05) is 26.0 Å². The fourth-order valence-electron chi connectivity index (χ4n) is 3.28. The van der Waals surface area contributed by atoms with Crippen LogP contribution in [0, 0.1) is 5.92 Å². The maximum atomic E-state index is 12.9. The average Bonchev–Trinajstić information content (AvgIpc) is 3.38. The van der Waals surface area contributed by atoms with E-state index in [0.717, 1.165) is 22.4 Å². The van der Waals surface area contributed by atoms with E-state index in [1.165, 1.54) is 0 Å². The van der Waals surface area contributed by atoms with Crippen LogP contribution in [-0.4, -0.2) is 45.8 Å². The molecule has 29 heavy (non-hydrogen) atoms. The fraction of sp³-hybridized carbons (Fsp3) is 0.318. The molecular weight excluding hydrogens is 366 g/mol. The van der Waals surface area contributed by atoms with Crippen LogP contribution in [0.5, 0.6) is 5.75 Å². The first-order chi connectivity index (χ1) is 14.1. The molecule has 4 rings (SSSR count). The van der Waals surface area contributed by atoms with E-state index in [1.807, 2.05) is 47.5 Å². The molecule has 1 N–H and O–H groups in total. The molecule has 2 amide bonds. The Bertz CT molecular complexity index is 954. The number of hydrogen-bond donors (Lipinski definition) is 1. The summed E-state index contributed by atoms with van der Waals surface area (Å²) in [5, 5.41) is 6.75. The van der Waals surface area contributed by atoms with Gasteiger partial charge in [0.15, 0.2) is 0 Å². The molecule has 0 spiro atoms. The SMILES string of the molecule is CC(C)COc1cccc(CN2CCN(c3ccc(-c4cn[nH]c4)cn3)C2=O)c1. The molecule has 0 bridgehead atoms. The number of ether oxygens (including phenoxy) is 1. The van der Waals surface area contributed by atoms with Gasteiger partial charge in [-0.25, -0.2) is 9.78 Å². The van der Waals surface area contributed by atoms with E-state index < -0.39 is 0 Å². The van der Waals surface area contributed by atoms with Crippen molar-refractivity contribution in [2.75, 3.05) is 24.6 Å². The van der Waals surface area contributed by atoms with Gasteiger partial charge in [0, 0.05) is 43.2 Å². The average molecular weight is 391 g/mol. The molecule has 7 nitrogen and oxygen atoms in total. The third kappa shape index (κ3) is 4.39. The van der Waals surface area contributed by atoms with E-state index in [0.29, 0.717) is 38.0 Å². The summed E-state index contributed by atoms with van der Waals surface area (Å²) in [7, 11) is 0. The second kappa shape index (κ2) is 8.34. The monoisotopic (exact) mass is 391 g/mol. The molecule has 1 aliphatic heterocycles. The van der Waals surface area contributed by atoms with Gasteiger partial charge in [-0.2, -0.15) is 5.10 Å². The zero-order valence-corrected chi connectivity index (χ0v) is 16.7. The lowest BCUT2D eigenvalue weighted by molar-refractivity contribution is 0.218. The first-order valence-electron chi connectivity index (χ1n) is 9.83. The van der Waals surface area contributed by atoms with Crippen molar-refractivity contribution in [1.82, 2.24) is 20.1 Å². The van der Waals surface area contributed by atoms with Crippen LogP contribution in [0.25, 0.3) is 11.1 Å². The van der Waals surface area contributed by atoms with Gasteiger partial charge in [0.1, 0.15) is 11.6 Å². The highest BCUT2D eigenvalue weighted by molar-refractivity contribution is 5.93. The predicted octanol–water partition coefficient (Wildman–Crippen LogP) is 3.95. The first-order valence-corrected chi connectivity index (χ1v) is 9.83. The zero-order chi connectivity index (χ0) is 20.2. The highest BCUT2D eigenvalue weighted by atomic mass is 16.5. The van der Waals surface area contributed by atoms with Crippen molar-refractivity contribution in [3.05, 3.63) is 60.6 Å². The second-order valence-corrected chi connectivity index (χ2v) is 7.60. The summed E-state index contributed by atoms with van der Waals surface area (Å²) >= 11 is 0. The molecule has 0 atom stereocenters. The summed E-state index contributed by atoms with van der Waals surface area (Å²) < 4.78 is 5.80. The van der Waals surface area contributed by atoms with Gasteiger partial charge < -0.3 is 9.64 Å². The number of urea groups is 1. The van der Waals surface area contributed by atoms with Gasteiger partial charge in [0.2, 0.25) is 0 Å². The Morgan fingerprint density at radius 3 is 2.76 bits per heavy atom. The van der Waals surface area contributed by atoms with Crippen LogP contribution < -0.4 is 9.64 Å². The van der Waals surface area contributed by atoms with Gasteiger partial charge in [-0.05, 0) is 35.7 Å². The summed E-state index contributed by atoms with van der Waals surface area (Å²) in [6.45, 7) is 6.78. The number of amides is 2. The number of anilines is 1. The van der Waals surface area contributed by atoms with E-state index in [9.17, 15) is 4.79 Å². The Kier molecular flexibility index (Phi) is 5.46. The molecule has 0 radical (unpaired) electrons. The number of nitrogens with one attached hydrogen (secondary N) is 1. The van der Waals surface area contributed by atoms with Crippen molar-refractivity contribution < 1.29 is 9.53 Å². The van der Waals surface area contributed by atoms with Crippen LogP contribution in [0.4, 0.5) is 10.6 Å². The molecule has 1 saturated heterocycles. The topological polar surface area (TPSA) is 74.3 Å². The third-order valence-electron chi connectivity index (χ3n) is 4.81. The van der Waals surface area contributed by atoms with Crippen LogP contribution in [0.1, 0.15) is 19.4 Å². The summed E-state index contributed by atoms with van der Waals surface area (Å²) in [6.07, 6.45) is 5.34. The van der Waals surface area contributed by atoms with Crippen LogP contribution >= 0.6 is 0 Å². The standard InChI is InChI=1S/C22H25N5O2/c1-16(2)15-29-20-5-3-4-17(10-20)14-26-8-9-27(22(26)28)21-7-6-18(11-23-21)19-12-24-25-13-19/h3-7,10-13,16H,8-9,14-15H2,1-2H3,(H,24,25). The molecule has 7 heteroatoms. The van der Waals surface area contributed by atoms with E-state index in [1.54, 1.807) is 17.3 Å². The largest absolute Gasteiger partial charge is 0.493 e. The molecule has 3 heterocycles. The number of rotatable bonds is 7. The van der Waals surface area contributed by atoms with Crippen LogP contribution in [-0.2, 0) is 6.54 Å². The molecule has 150 valence electrons. The molecule has 2 aromatic heterocycles. The number of carbonyl (C=O) groups excluding carboxylic acids is 1. The number of hydrogen-bond acceptors (Lipinski definition) is 4. The van der Waals surface area contributed by atoms with Crippen molar-refractivity contribution in [2.24, 2.45) is 5.92 Å². The molecular formula is C22H25N5O2. The number of H-pyrrole nitrogens is 1. The second-order valence-electron chi connectivity index (χ2n) is 7.60. The molecule has 0 aliphatic carbocycles. The van der Waals surface area contributed by atoms with Gasteiger partial charge >= 0.3 is 6.03 Å². The van der Waals surface area contributed by atoms with Crippen LogP contribution in [0.15, 0.2) is 55.0 Å². The Balaban J connectivity index is 1.41. The van der Waals surface area contributed by atoms with Crippen molar-refractivity contribution in [2.45, 2.75) is 20.4 Å². The molecule has 3 aromatic rings. The molecule has 0 saturated carbocycles. The summed E-state index contributed by atoms with van der Waals surface area (Å²) in [4.78, 5) is 20.9. The third-order valence-corrected chi connectivity index (χ3v) is 4.81. The minimum absolute atomic E-state index is 0.0259. The van der Waals surface area contributed by atoms with E-state index in [-0.39, 0.29) is 6.03 Å². The van der Waals surface area contributed by atoms with Gasteiger partial charge in [0.25, 0.3) is 0 Å². The summed E-state index contributed by atoms with van der Waals surface area (Å²) in [5.41, 5.74) is 2.99. The minimum atomic E-state index is -0.0259. The maximum absolute atomic E-state index is 12.9. The van der Waals surface area contributed by atoms with Crippen LogP contribution in [0.2, 0.25) is 0 Å². The van der Waals surface area contributed by atoms with Crippen LogP contribution in [0.3, 0.4) is 0 Å². The number of aromatic amines is 1. The van der Waals surface area contributed by atoms with Crippen molar-refractivity contribution >= 4 is 11.8 Å². The Hall–Kier alpha value is -3.35. The lowest BCUT2D eigenvalue weighted by Crippen LogP contribution is -2.31. The van der Waals surface area contributed by atoms with E-state index in [4.69, 9.17) is 4.74 Å². The highest BCUT2D eigenvalue weighted by Gasteiger charge is 2.30.